The highest BCUT2D eigenvalue weighted by molar-refractivity contribution is 7.15. The topological polar surface area (TPSA) is 24.9 Å². The Balaban J connectivity index is 2.09. The SMILES string of the molecule is Cc1nc(NC2(C)CCC2)sc1C. The van der Waals surface area contributed by atoms with Gasteiger partial charge in [0.15, 0.2) is 5.13 Å². The van der Waals surface area contributed by atoms with Gasteiger partial charge in [0, 0.05) is 10.4 Å². The minimum Gasteiger partial charge on any atom is -0.356 e. The van der Waals surface area contributed by atoms with Crippen molar-refractivity contribution in [3.05, 3.63) is 10.6 Å². The lowest BCUT2D eigenvalue weighted by Crippen LogP contribution is -2.41. The molecule has 13 heavy (non-hydrogen) atoms. The first-order valence-corrected chi connectivity index (χ1v) is 5.63. The number of hydrogen-bond acceptors (Lipinski definition) is 3. The maximum atomic E-state index is 4.48. The first kappa shape index (κ1) is 9.00. The third-order valence-electron chi connectivity index (χ3n) is 2.89. The normalized spacial score (nSPS) is 19.6. The standard InChI is InChI=1S/C10H16N2S/c1-7-8(2)13-9(11-7)12-10(3)5-4-6-10/h4-6H2,1-3H3,(H,11,12). The van der Waals surface area contributed by atoms with E-state index in [-0.39, 0.29) is 0 Å². The zero-order chi connectivity index (χ0) is 9.47. The molecule has 1 fully saturated rings. The second-order valence-corrected chi connectivity index (χ2v) is 5.40. The van der Waals surface area contributed by atoms with E-state index >= 15 is 0 Å². The molecule has 2 rings (SSSR count). The largest absolute Gasteiger partial charge is 0.356 e. The Morgan fingerprint density at radius 1 is 1.38 bits per heavy atom. The number of aromatic nitrogens is 1. The van der Waals surface area contributed by atoms with Gasteiger partial charge in [-0.1, -0.05) is 0 Å². The van der Waals surface area contributed by atoms with E-state index in [1.807, 2.05) is 0 Å². The summed E-state index contributed by atoms with van der Waals surface area (Å²) >= 11 is 1.77. The van der Waals surface area contributed by atoms with Crippen molar-refractivity contribution in [3.8, 4) is 0 Å². The van der Waals surface area contributed by atoms with Crippen LogP contribution >= 0.6 is 11.3 Å². The maximum Gasteiger partial charge on any atom is 0.183 e. The first-order chi connectivity index (χ1) is 6.09. The van der Waals surface area contributed by atoms with Crippen molar-refractivity contribution in [1.29, 1.82) is 0 Å². The zero-order valence-electron chi connectivity index (χ0n) is 8.48. The molecule has 1 heterocycles. The molecule has 0 unspecified atom stereocenters. The van der Waals surface area contributed by atoms with Gasteiger partial charge in [0.25, 0.3) is 0 Å². The van der Waals surface area contributed by atoms with E-state index in [1.54, 1.807) is 11.3 Å². The molecule has 0 bridgehead atoms. The van der Waals surface area contributed by atoms with Gasteiger partial charge in [-0.2, -0.15) is 0 Å². The van der Waals surface area contributed by atoms with Crippen LogP contribution in [-0.2, 0) is 0 Å². The lowest BCUT2D eigenvalue weighted by atomic mass is 9.79. The molecule has 0 atom stereocenters. The van der Waals surface area contributed by atoms with Crippen molar-refractivity contribution in [3.63, 3.8) is 0 Å². The monoisotopic (exact) mass is 196 g/mol. The predicted octanol–water partition coefficient (Wildman–Crippen LogP) is 3.11. The summed E-state index contributed by atoms with van der Waals surface area (Å²) in [4.78, 5) is 5.81. The summed E-state index contributed by atoms with van der Waals surface area (Å²) < 4.78 is 0. The molecule has 1 aromatic heterocycles. The van der Waals surface area contributed by atoms with Gasteiger partial charge in [-0.15, -0.1) is 11.3 Å². The quantitative estimate of drug-likeness (QED) is 0.786. The van der Waals surface area contributed by atoms with Crippen LogP contribution in [0.2, 0.25) is 0 Å². The van der Waals surface area contributed by atoms with Crippen LogP contribution in [-0.4, -0.2) is 10.5 Å². The Morgan fingerprint density at radius 2 is 2.08 bits per heavy atom. The molecule has 0 aliphatic heterocycles. The van der Waals surface area contributed by atoms with E-state index in [9.17, 15) is 0 Å². The summed E-state index contributed by atoms with van der Waals surface area (Å²) in [5.41, 5.74) is 1.49. The minimum absolute atomic E-state index is 0.330. The van der Waals surface area contributed by atoms with E-state index in [4.69, 9.17) is 0 Å². The summed E-state index contributed by atoms with van der Waals surface area (Å²) in [6.07, 6.45) is 3.92. The van der Waals surface area contributed by atoms with E-state index in [2.05, 4.69) is 31.1 Å². The Kier molecular flexibility index (Phi) is 2.06. The second-order valence-electron chi connectivity index (χ2n) is 4.20. The van der Waals surface area contributed by atoms with Gasteiger partial charge in [0.1, 0.15) is 0 Å². The van der Waals surface area contributed by atoms with Crippen molar-refractivity contribution in [1.82, 2.24) is 4.98 Å². The molecule has 0 saturated heterocycles. The van der Waals surface area contributed by atoms with Gasteiger partial charge in [-0.25, -0.2) is 4.98 Å². The molecule has 0 radical (unpaired) electrons. The van der Waals surface area contributed by atoms with Crippen LogP contribution in [0, 0.1) is 13.8 Å². The highest BCUT2D eigenvalue weighted by atomic mass is 32.1. The van der Waals surface area contributed by atoms with Gasteiger partial charge < -0.3 is 5.32 Å². The fourth-order valence-corrected chi connectivity index (χ4v) is 2.58. The summed E-state index contributed by atoms with van der Waals surface area (Å²) in [5, 5.41) is 4.62. The molecule has 0 amide bonds. The average molecular weight is 196 g/mol. The number of anilines is 1. The van der Waals surface area contributed by atoms with Crippen molar-refractivity contribution in [2.45, 2.75) is 45.6 Å². The molecule has 0 aromatic carbocycles. The molecule has 1 aliphatic rings. The minimum atomic E-state index is 0.330. The van der Waals surface area contributed by atoms with Crippen LogP contribution in [0.15, 0.2) is 0 Å². The smallest absolute Gasteiger partial charge is 0.183 e. The Hall–Kier alpha value is -0.570. The van der Waals surface area contributed by atoms with E-state index in [1.165, 1.54) is 24.1 Å². The third kappa shape index (κ3) is 1.70. The predicted molar refractivity (Wildman–Crippen MR) is 57.5 cm³/mol. The molecule has 1 aliphatic carbocycles. The fraction of sp³-hybridized carbons (Fsp3) is 0.700. The number of nitrogens with one attached hydrogen (secondary N) is 1. The molecule has 2 nitrogen and oxygen atoms in total. The fourth-order valence-electron chi connectivity index (χ4n) is 1.62. The maximum absolute atomic E-state index is 4.48. The molecule has 0 spiro atoms. The van der Waals surface area contributed by atoms with Crippen LogP contribution in [0.3, 0.4) is 0 Å². The van der Waals surface area contributed by atoms with E-state index in [0.717, 1.165) is 10.8 Å². The zero-order valence-corrected chi connectivity index (χ0v) is 9.29. The lowest BCUT2D eigenvalue weighted by molar-refractivity contribution is 0.306. The number of nitrogens with zero attached hydrogens (tertiary/aromatic N) is 1. The van der Waals surface area contributed by atoms with Crippen molar-refractivity contribution >= 4 is 16.5 Å². The van der Waals surface area contributed by atoms with Crippen LogP contribution in [0.1, 0.15) is 36.8 Å². The molecular formula is C10H16N2S. The Bertz CT molecular complexity index is 293. The van der Waals surface area contributed by atoms with E-state index < -0.39 is 0 Å². The van der Waals surface area contributed by atoms with Crippen molar-refractivity contribution in [2.75, 3.05) is 5.32 Å². The third-order valence-corrected chi connectivity index (χ3v) is 3.88. The molecule has 3 heteroatoms. The summed E-state index contributed by atoms with van der Waals surface area (Å²) in [6.45, 7) is 6.48. The lowest BCUT2D eigenvalue weighted by Gasteiger charge is -2.39. The van der Waals surface area contributed by atoms with Gasteiger partial charge in [-0.05, 0) is 40.0 Å². The Labute approximate surface area is 83.4 Å². The van der Waals surface area contributed by atoms with Crippen molar-refractivity contribution < 1.29 is 0 Å². The summed E-state index contributed by atoms with van der Waals surface area (Å²) in [5.74, 6) is 0. The average Bonchev–Trinajstić information content (AvgIpc) is 2.28. The number of aryl methyl sites for hydroxylation is 2. The number of rotatable bonds is 2. The summed E-state index contributed by atoms with van der Waals surface area (Å²) in [7, 11) is 0. The Morgan fingerprint density at radius 3 is 2.46 bits per heavy atom. The number of hydrogen-bond donors (Lipinski definition) is 1. The molecular weight excluding hydrogens is 180 g/mol. The van der Waals surface area contributed by atoms with Crippen molar-refractivity contribution in [2.24, 2.45) is 0 Å². The van der Waals surface area contributed by atoms with Crippen LogP contribution in [0.4, 0.5) is 5.13 Å². The molecule has 1 saturated carbocycles. The molecule has 1 aromatic rings. The molecule has 1 N–H and O–H groups in total. The highest BCUT2D eigenvalue weighted by Crippen LogP contribution is 2.36. The van der Waals surface area contributed by atoms with Gasteiger partial charge in [0.05, 0.1) is 5.69 Å². The molecule has 72 valence electrons. The highest BCUT2D eigenvalue weighted by Gasteiger charge is 2.32. The first-order valence-electron chi connectivity index (χ1n) is 4.81. The van der Waals surface area contributed by atoms with Crippen LogP contribution in [0.25, 0.3) is 0 Å². The van der Waals surface area contributed by atoms with Gasteiger partial charge in [-0.3, -0.25) is 0 Å². The van der Waals surface area contributed by atoms with Crippen LogP contribution < -0.4 is 5.32 Å². The summed E-state index contributed by atoms with van der Waals surface area (Å²) in [6, 6.07) is 0. The second kappa shape index (κ2) is 2.98. The van der Waals surface area contributed by atoms with Gasteiger partial charge >= 0.3 is 0 Å². The number of thiazole rings is 1. The van der Waals surface area contributed by atoms with E-state index in [0.29, 0.717) is 5.54 Å². The van der Waals surface area contributed by atoms with Crippen LogP contribution in [0.5, 0.6) is 0 Å². The van der Waals surface area contributed by atoms with Gasteiger partial charge in [0.2, 0.25) is 0 Å².